The molecule has 166 valence electrons. The Balaban J connectivity index is 1.76. The second-order valence-electron chi connectivity index (χ2n) is 8.11. The summed E-state index contributed by atoms with van der Waals surface area (Å²) in [7, 11) is 1.64. The van der Waals surface area contributed by atoms with Crippen molar-refractivity contribution in [2.75, 3.05) is 12.0 Å². The van der Waals surface area contributed by atoms with E-state index in [4.69, 9.17) is 9.47 Å². The van der Waals surface area contributed by atoms with Crippen LogP contribution in [0.4, 0.5) is 11.4 Å². The molecule has 2 aromatic carbocycles. The first-order valence-corrected chi connectivity index (χ1v) is 10.9. The number of hydrogen-bond acceptors (Lipinski definition) is 5. The molecule has 3 aromatic rings. The summed E-state index contributed by atoms with van der Waals surface area (Å²) in [4.78, 5) is 18.1. The van der Waals surface area contributed by atoms with E-state index in [0.29, 0.717) is 18.0 Å². The number of anilines is 2. The molecule has 0 unspecified atom stereocenters. The molecule has 1 N–H and O–H groups in total. The van der Waals surface area contributed by atoms with Crippen LogP contribution in [0.3, 0.4) is 0 Å². The summed E-state index contributed by atoms with van der Waals surface area (Å²) in [5.74, 6) is 0.460. The van der Waals surface area contributed by atoms with Crippen LogP contribution in [-0.4, -0.2) is 29.3 Å². The van der Waals surface area contributed by atoms with Crippen LogP contribution in [0.1, 0.15) is 47.2 Å². The normalized spacial score (nSPS) is 13.7. The van der Waals surface area contributed by atoms with Gasteiger partial charge in [0.15, 0.2) is 11.5 Å². The number of hydrogen-bond donors (Lipinski definition) is 1. The lowest BCUT2D eigenvalue weighted by atomic mass is 10.1. The van der Waals surface area contributed by atoms with Crippen molar-refractivity contribution in [2.45, 2.75) is 45.3 Å². The molecule has 0 amide bonds. The summed E-state index contributed by atoms with van der Waals surface area (Å²) in [6, 6.07) is 15.3. The number of carbonyl (C=O) groups is 1. The third kappa shape index (κ3) is 4.85. The van der Waals surface area contributed by atoms with Crippen LogP contribution in [-0.2, 0) is 6.54 Å². The van der Waals surface area contributed by atoms with E-state index in [1.807, 2.05) is 48.7 Å². The first-order valence-electron chi connectivity index (χ1n) is 10.9. The van der Waals surface area contributed by atoms with Gasteiger partial charge < -0.3 is 19.5 Å². The Morgan fingerprint density at radius 2 is 1.84 bits per heavy atom. The summed E-state index contributed by atoms with van der Waals surface area (Å²) >= 11 is 0. The predicted molar refractivity (Wildman–Crippen MR) is 124 cm³/mol. The van der Waals surface area contributed by atoms with Gasteiger partial charge in [-0.05, 0) is 74.1 Å². The number of nitrogens with zero attached hydrogens (tertiary/aromatic N) is 2. The number of ether oxygens (including phenoxy) is 2. The van der Waals surface area contributed by atoms with Gasteiger partial charge in [0.1, 0.15) is 0 Å². The standard InChI is InChI=1S/C26H28N2O4/c1-18-9-10-20(14-23(18)26(29)30)28(17-19-6-5-13-27-16-19)21-11-12-24(31-2)25(15-21)32-22-7-3-4-8-22/h5-6,9-16,22H,3-4,7-8,17H2,1-2H3,(H,29,30). The number of rotatable bonds is 8. The van der Waals surface area contributed by atoms with E-state index >= 15 is 0 Å². The minimum absolute atomic E-state index is 0.198. The van der Waals surface area contributed by atoms with E-state index in [1.54, 1.807) is 26.3 Å². The largest absolute Gasteiger partial charge is 0.493 e. The molecule has 0 radical (unpaired) electrons. The van der Waals surface area contributed by atoms with Gasteiger partial charge in [-0.2, -0.15) is 0 Å². The summed E-state index contributed by atoms with van der Waals surface area (Å²) in [6.07, 6.45) is 8.22. The molecule has 1 aliphatic carbocycles. The molecule has 0 atom stereocenters. The second-order valence-corrected chi connectivity index (χ2v) is 8.11. The number of aromatic nitrogens is 1. The Bertz CT molecular complexity index is 1080. The van der Waals surface area contributed by atoms with Gasteiger partial charge in [0.25, 0.3) is 0 Å². The molecule has 1 aliphatic rings. The highest BCUT2D eigenvalue weighted by Gasteiger charge is 2.21. The van der Waals surface area contributed by atoms with Crippen LogP contribution in [0.25, 0.3) is 0 Å². The Labute approximate surface area is 188 Å². The van der Waals surface area contributed by atoms with Crippen molar-refractivity contribution in [3.8, 4) is 11.5 Å². The smallest absolute Gasteiger partial charge is 0.336 e. The first-order chi connectivity index (χ1) is 15.5. The molecule has 1 heterocycles. The van der Waals surface area contributed by atoms with Crippen molar-refractivity contribution in [3.63, 3.8) is 0 Å². The Morgan fingerprint density at radius 1 is 1.09 bits per heavy atom. The molecule has 6 nitrogen and oxygen atoms in total. The monoisotopic (exact) mass is 432 g/mol. The van der Waals surface area contributed by atoms with Crippen molar-refractivity contribution < 1.29 is 19.4 Å². The van der Waals surface area contributed by atoms with Crippen molar-refractivity contribution in [1.29, 1.82) is 0 Å². The van der Waals surface area contributed by atoms with Crippen LogP contribution in [0.2, 0.25) is 0 Å². The molecule has 0 saturated heterocycles. The predicted octanol–water partition coefficient (Wildman–Crippen LogP) is 5.76. The lowest BCUT2D eigenvalue weighted by Crippen LogP contribution is -2.18. The average molecular weight is 433 g/mol. The van der Waals surface area contributed by atoms with Crippen LogP contribution in [0.15, 0.2) is 60.9 Å². The number of aromatic carboxylic acids is 1. The van der Waals surface area contributed by atoms with Crippen molar-refractivity contribution in [1.82, 2.24) is 4.98 Å². The van der Waals surface area contributed by atoms with Crippen LogP contribution in [0.5, 0.6) is 11.5 Å². The van der Waals surface area contributed by atoms with Gasteiger partial charge in [0.05, 0.1) is 18.8 Å². The Kier molecular flexibility index (Phi) is 6.59. The average Bonchev–Trinajstić information content (AvgIpc) is 3.31. The molecule has 0 spiro atoms. The minimum atomic E-state index is -0.939. The topological polar surface area (TPSA) is 71.9 Å². The van der Waals surface area contributed by atoms with Gasteiger partial charge in [0, 0.05) is 36.4 Å². The maximum absolute atomic E-state index is 11.8. The van der Waals surface area contributed by atoms with Crippen molar-refractivity contribution in [3.05, 3.63) is 77.6 Å². The zero-order valence-electron chi connectivity index (χ0n) is 18.5. The van der Waals surface area contributed by atoms with Crippen molar-refractivity contribution >= 4 is 17.3 Å². The lowest BCUT2D eigenvalue weighted by Gasteiger charge is -2.27. The molecule has 1 fully saturated rings. The molecule has 0 aliphatic heterocycles. The van der Waals surface area contributed by atoms with E-state index < -0.39 is 5.97 Å². The van der Waals surface area contributed by atoms with E-state index in [9.17, 15) is 9.90 Å². The van der Waals surface area contributed by atoms with Crippen LogP contribution < -0.4 is 14.4 Å². The first kappa shape index (κ1) is 21.7. The minimum Gasteiger partial charge on any atom is -0.493 e. The van der Waals surface area contributed by atoms with Gasteiger partial charge in [-0.3, -0.25) is 4.98 Å². The summed E-state index contributed by atoms with van der Waals surface area (Å²) in [5, 5.41) is 9.64. The highest BCUT2D eigenvalue weighted by Crippen LogP contribution is 2.38. The SMILES string of the molecule is COc1ccc(N(Cc2cccnc2)c2ccc(C)c(C(=O)O)c2)cc1OC1CCCC1. The molecular weight excluding hydrogens is 404 g/mol. The molecule has 1 aromatic heterocycles. The Hall–Kier alpha value is -3.54. The van der Waals surface area contributed by atoms with E-state index in [2.05, 4.69) is 9.88 Å². The second kappa shape index (κ2) is 9.73. The number of methoxy groups -OCH3 is 1. The summed E-state index contributed by atoms with van der Waals surface area (Å²) < 4.78 is 11.8. The van der Waals surface area contributed by atoms with Gasteiger partial charge in [-0.1, -0.05) is 12.1 Å². The maximum Gasteiger partial charge on any atom is 0.336 e. The number of carboxylic acid groups (broad SMARTS) is 1. The summed E-state index contributed by atoms with van der Waals surface area (Å²) in [6.45, 7) is 2.34. The van der Waals surface area contributed by atoms with Crippen molar-refractivity contribution in [2.24, 2.45) is 0 Å². The fraction of sp³-hybridized carbons (Fsp3) is 0.308. The Morgan fingerprint density at radius 3 is 2.53 bits per heavy atom. The quantitative estimate of drug-likeness (QED) is 0.488. The lowest BCUT2D eigenvalue weighted by molar-refractivity contribution is 0.0696. The zero-order valence-corrected chi connectivity index (χ0v) is 18.5. The maximum atomic E-state index is 11.8. The summed E-state index contributed by atoms with van der Waals surface area (Å²) in [5.41, 5.74) is 3.70. The number of aryl methyl sites for hydroxylation is 1. The number of carboxylic acids is 1. The van der Waals surface area contributed by atoms with Gasteiger partial charge >= 0.3 is 5.97 Å². The van der Waals surface area contributed by atoms with E-state index in [0.717, 1.165) is 35.3 Å². The molecule has 32 heavy (non-hydrogen) atoms. The molecular formula is C26H28N2O4. The third-order valence-electron chi connectivity index (χ3n) is 5.88. The highest BCUT2D eigenvalue weighted by molar-refractivity contribution is 5.91. The van der Waals surface area contributed by atoms with E-state index in [-0.39, 0.29) is 11.7 Å². The van der Waals surface area contributed by atoms with Crippen LogP contribution >= 0.6 is 0 Å². The number of benzene rings is 2. The van der Waals surface area contributed by atoms with Gasteiger partial charge in [-0.25, -0.2) is 4.79 Å². The zero-order chi connectivity index (χ0) is 22.5. The number of pyridine rings is 1. The molecule has 4 rings (SSSR count). The van der Waals surface area contributed by atoms with Gasteiger partial charge in [-0.15, -0.1) is 0 Å². The highest BCUT2D eigenvalue weighted by atomic mass is 16.5. The third-order valence-corrected chi connectivity index (χ3v) is 5.88. The van der Waals surface area contributed by atoms with E-state index in [1.165, 1.54) is 12.8 Å². The molecule has 0 bridgehead atoms. The fourth-order valence-electron chi connectivity index (χ4n) is 4.13. The molecule has 6 heteroatoms. The van der Waals surface area contributed by atoms with Gasteiger partial charge in [0.2, 0.25) is 0 Å². The molecule has 1 saturated carbocycles. The fourth-order valence-corrected chi connectivity index (χ4v) is 4.13. The van der Waals surface area contributed by atoms with Crippen LogP contribution in [0, 0.1) is 6.92 Å².